The highest BCUT2D eigenvalue weighted by Crippen LogP contribution is 2.53. The Balaban J connectivity index is 2.80. The second-order valence-corrected chi connectivity index (χ2v) is 4.00. The largest absolute Gasteiger partial charge is 0.469 e. The van der Waals surface area contributed by atoms with Gasteiger partial charge in [0.05, 0.1) is 13.2 Å². The monoisotopic (exact) mass is 218 g/mol. The Hall–Kier alpha value is -0.650. The van der Waals surface area contributed by atoms with Crippen LogP contribution in [0.4, 0.5) is 0 Å². The summed E-state index contributed by atoms with van der Waals surface area (Å²) in [5.74, 6) is -1.17. The first-order valence-electron chi connectivity index (χ1n) is 4.83. The van der Waals surface area contributed by atoms with Gasteiger partial charge in [0.25, 0.3) is 0 Å². The normalized spacial score (nSPS) is 24.1. The molecule has 1 atom stereocenters. The van der Waals surface area contributed by atoms with Gasteiger partial charge in [-0.2, -0.15) is 0 Å². The Bertz CT molecular complexity index is 236. The van der Waals surface area contributed by atoms with Gasteiger partial charge in [-0.15, -0.1) is 0 Å². The standard InChI is InChI=1S/C10H18O5/c1-7(11)9(8(12)13-2)5-10(6-9,14-3)15-4/h7,11H,5-6H2,1-4H3. The quantitative estimate of drug-likeness (QED) is 0.543. The molecule has 0 bridgehead atoms. The van der Waals surface area contributed by atoms with Crippen LogP contribution in [0.15, 0.2) is 0 Å². The summed E-state index contributed by atoms with van der Waals surface area (Å²) in [5.41, 5.74) is -0.888. The van der Waals surface area contributed by atoms with Crippen molar-refractivity contribution in [1.82, 2.24) is 0 Å². The van der Waals surface area contributed by atoms with Crippen molar-refractivity contribution in [2.75, 3.05) is 21.3 Å². The van der Waals surface area contributed by atoms with Crippen LogP contribution in [0.3, 0.4) is 0 Å². The molecule has 15 heavy (non-hydrogen) atoms. The maximum Gasteiger partial charge on any atom is 0.314 e. The zero-order valence-electron chi connectivity index (χ0n) is 9.57. The zero-order chi connectivity index (χ0) is 11.7. The van der Waals surface area contributed by atoms with Gasteiger partial charge in [-0.3, -0.25) is 4.79 Å². The van der Waals surface area contributed by atoms with Gasteiger partial charge in [-0.1, -0.05) is 0 Å². The van der Waals surface area contributed by atoms with Crippen molar-refractivity contribution in [3.8, 4) is 0 Å². The number of carbonyl (C=O) groups is 1. The molecular weight excluding hydrogens is 200 g/mol. The molecule has 1 fully saturated rings. The summed E-state index contributed by atoms with van der Waals surface area (Å²) in [7, 11) is 4.35. The molecule has 0 aromatic rings. The maximum atomic E-state index is 11.6. The number of ether oxygens (including phenoxy) is 3. The van der Waals surface area contributed by atoms with Gasteiger partial charge in [0.1, 0.15) is 5.41 Å². The first kappa shape index (κ1) is 12.4. The van der Waals surface area contributed by atoms with Crippen LogP contribution in [-0.2, 0) is 19.0 Å². The highest BCUT2D eigenvalue weighted by atomic mass is 16.7. The lowest BCUT2D eigenvalue weighted by Gasteiger charge is -2.53. The van der Waals surface area contributed by atoms with E-state index in [4.69, 9.17) is 14.2 Å². The Kier molecular flexibility index (Phi) is 3.38. The Morgan fingerprint density at radius 3 is 2.00 bits per heavy atom. The molecule has 1 aliphatic rings. The van der Waals surface area contributed by atoms with Crippen molar-refractivity contribution >= 4 is 5.97 Å². The summed E-state index contributed by atoms with van der Waals surface area (Å²) in [5, 5.41) is 9.64. The number of aliphatic hydroxyl groups is 1. The van der Waals surface area contributed by atoms with E-state index >= 15 is 0 Å². The average molecular weight is 218 g/mol. The van der Waals surface area contributed by atoms with Crippen LogP contribution < -0.4 is 0 Å². The second kappa shape index (κ2) is 4.08. The van der Waals surface area contributed by atoms with Crippen LogP contribution >= 0.6 is 0 Å². The first-order chi connectivity index (χ1) is 6.96. The molecule has 0 saturated heterocycles. The summed E-state index contributed by atoms with van der Waals surface area (Å²) in [6.07, 6.45) is -0.141. The third-order valence-corrected chi connectivity index (χ3v) is 3.31. The van der Waals surface area contributed by atoms with Gasteiger partial charge in [0, 0.05) is 27.1 Å². The SMILES string of the molecule is COC(=O)C1(C(C)O)CC(OC)(OC)C1. The smallest absolute Gasteiger partial charge is 0.314 e. The maximum absolute atomic E-state index is 11.6. The molecule has 0 heterocycles. The average Bonchev–Trinajstić information content (AvgIpc) is 2.17. The molecule has 0 aliphatic heterocycles. The number of hydrogen-bond donors (Lipinski definition) is 1. The van der Waals surface area contributed by atoms with E-state index in [1.807, 2.05) is 0 Å². The molecule has 0 aromatic carbocycles. The molecule has 0 spiro atoms. The van der Waals surface area contributed by atoms with Crippen molar-refractivity contribution < 1.29 is 24.1 Å². The zero-order valence-corrected chi connectivity index (χ0v) is 9.57. The highest BCUT2D eigenvalue weighted by molar-refractivity contribution is 5.79. The van der Waals surface area contributed by atoms with Crippen molar-refractivity contribution in [2.45, 2.75) is 31.7 Å². The molecule has 1 rings (SSSR count). The van der Waals surface area contributed by atoms with Gasteiger partial charge in [-0.25, -0.2) is 0 Å². The summed E-state index contributed by atoms with van der Waals surface area (Å²) >= 11 is 0. The van der Waals surface area contributed by atoms with E-state index in [1.165, 1.54) is 21.3 Å². The fourth-order valence-electron chi connectivity index (χ4n) is 2.10. The summed E-state index contributed by atoms with van der Waals surface area (Å²) in [6, 6.07) is 0. The molecular formula is C10H18O5. The fourth-order valence-corrected chi connectivity index (χ4v) is 2.10. The van der Waals surface area contributed by atoms with Crippen LogP contribution in [0.2, 0.25) is 0 Å². The molecule has 1 N–H and O–H groups in total. The molecule has 0 aromatic heterocycles. The molecule has 1 saturated carbocycles. The number of rotatable bonds is 4. The van der Waals surface area contributed by atoms with Crippen molar-refractivity contribution in [3.63, 3.8) is 0 Å². The van der Waals surface area contributed by atoms with Crippen LogP contribution in [0.5, 0.6) is 0 Å². The van der Waals surface area contributed by atoms with Crippen molar-refractivity contribution in [1.29, 1.82) is 0 Å². The van der Waals surface area contributed by atoms with E-state index < -0.39 is 23.3 Å². The van der Waals surface area contributed by atoms with Gasteiger partial charge in [0.15, 0.2) is 5.79 Å². The lowest BCUT2D eigenvalue weighted by molar-refractivity contribution is -0.308. The molecule has 5 nitrogen and oxygen atoms in total. The van der Waals surface area contributed by atoms with Gasteiger partial charge < -0.3 is 19.3 Å². The third kappa shape index (κ3) is 1.75. The third-order valence-electron chi connectivity index (χ3n) is 3.31. The number of aliphatic hydroxyl groups excluding tert-OH is 1. The predicted octanol–water partition coefficient (Wildman–Crippen LogP) is 0.309. The molecule has 1 unspecified atom stereocenters. The number of methoxy groups -OCH3 is 3. The molecule has 88 valence electrons. The van der Waals surface area contributed by atoms with E-state index in [1.54, 1.807) is 6.92 Å². The summed E-state index contributed by atoms with van der Waals surface area (Å²) in [6.45, 7) is 1.58. The number of hydrogen-bond acceptors (Lipinski definition) is 5. The Labute approximate surface area is 89.3 Å². The van der Waals surface area contributed by atoms with E-state index in [9.17, 15) is 9.90 Å². The van der Waals surface area contributed by atoms with Crippen LogP contribution in [0, 0.1) is 5.41 Å². The molecule has 5 heteroatoms. The first-order valence-corrected chi connectivity index (χ1v) is 4.83. The van der Waals surface area contributed by atoms with E-state index in [2.05, 4.69) is 0 Å². The second-order valence-electron chi connectivity index (χ2n) is 4.00. The Morgan fingerprint density at radius 1 is 1.27 bits per heavy atom. The molecule has 0 amide bonds. The lowest BCUT2D eigenvalue weighted by Crippen LogP contribution is -2.62. The van der Waals surface area contributed by atoms with Crippen LogP contribution in [0.1, 0.15) is 19.8 Å². The predicted molar refractivity (Wildman–Crippen MR) is 52.1 cm³/mol. The van der Waals surface area contributed by atoms with E-state index in [0.29, 0.717) is 12.8 Å². The minimum atomic E-state index is -0.888. The van der Waals surface area contributed by atoms with Crippen LogP contribution in [-0.4, -0.2) is 44.3 Å². The fraction of sp³-hybridized carbons (Fsp3) is 0.900. The van der Waals surface area contributed by atoms with Crippen molar-refractivity contribution in [3.05, 3.63) is 0 Å². The highest BCUT2D eigenvalue weighted by Gasteiger charge is 2.63. The van der Waals surface area contributed by atoms with Gasteiger partial charge in [0.2, 0.25) is 0 Å². The number of carbonyl (C=O) groups excluding carboxylic acids is 1. The molecule has 1 aliphatic carbocycles. The van der Waals surface area contributed by atoms with E-state index in [-0.39, 0.29) is 0 Å². The van der Waals surface area contributed by atoms with Gasteiger partial charge >= 0.3 is 5.97 Å². The van der Waals surface area contributed by atoms with E-state index in [0.717, 1.165) is 0 Å². The van der Waals surface area contributed by atoms with Crippen LogP contribution in [0.25, 0.3) is 0 Å². The number of esters is 1. The topological polar surface area (TPSA) is 65.0 Å². The van der Waals surface area contributed by atoms with Crippen molar-refractivity contribution in [2.24, 2.45) is 5.41 Å². The van der Waals surface area contributed by atoms with Gasteiger partial charge in [-0.05, 0) is 6.92 Å². The minimum Gasteiger partial charge on any atom is -0.469 e. The lowest BCUT2D eigenvalue weighted by atomic mass is 9.61. The minimum absolute atomic E-state index is 0.317. The summed E-state index contributed by atoms with van der Waals surface area (Å²) in [4.78, 5) is 11.6. The Morgan fingerprint density at radius 2 is 1.73 bits per heavy atom. The molecule has 0 radical (unpaired) electrons. The summed E-state index contributed by atoms with van der Waals surface area (Å²) < 4.78 is 15.1.